The lowest BCUT2D eigenvalue weighted by molar-refractivity contribution is -0.145. The van der Waals surface area contributed by atoms with Gasteiger partial charge in [0.05, 0.1) is 0 Å². The summed E-state index contributed by atoms with van der Waals surface area (Å²) < 4.78 is 5.28. The highest BCUT2D eigenvalue weighted by Gasteiger charge is 2.05. The molecule has 1 rings (SSSR count). The van der Waals surface area contributed by atoms with Gasteiger partial charge in [-0.1, -0.05) is 101 Å². The number of benzene rings is 1. The molecule has 1 aromatic carbocycles. The Bertz CT molecular complexity index is 445. The number of esters is 1. The second-order valence-corrected chi connectivity index (χ2v) is 6.94. The third kappa shape index (κ3) is 10.7. The molecule has 0 saturated carbocycles. The van der Waals surface area contributed by atoms with Crippen molar-refractivity contribution in [2.75, 3.05) is 0 Å². The van der Waals surface area contributed by atoms with Crippen molar-refractivity contribution in [2.45, 2.75) is 90.6 Å². The number of carbonyl (C=O) groups is 1. The van der Waals surface area contributed by atoms with Gasteiger partial charge in [-0.2, -0.15) is 0 Å². The molecule has 0 heterocycles. The van der Waals surface area contributed by atoms with Crippen LogP contribution in [0.3, 0.4) is 0 Å². The average Bonchev–Trinajstić information content (AvgIpc) is 2.59. The van der Waals surface area contributed by atoms with Gasteiger partial charge >= 0.3 is 5.97 Å². The molecular formula is C21H33ClO2. The minimum atomic E-state index is -0.120. The molecule has 0 fully saturated rings. The van der Waals surface area contributed by atoms with Crippen LogP contribution in [0.1, 0.15) is 89.5 Å². The highest BCUT2D eigenvalue weighted by Crippen LogP contribution is 2.16. The number of rotatable bonds is 14. The van der Waals surface area contributed by atoms with Crippen LogP contribution in [0.2, 0.25) is 5.02 Å². The Hall–Kier alpha value is -1.02. The first-order chi connectivity index (χ1) is 11.7. The Labute approximate surface area is 152 Å². The van der Waals surface area contributed by atoms with Crippen LogP contribution in [0.4, 0.5) is 0 Å². The van der Waals surface area contributed by atoms with Crippen LogP contribution in [0.25, 0.3) is 0 Å². The summed E-state index contributed by atoms with van der Waals surface area (Å²) in [6.45, 7) is 2.53. The van der Waals surface area contributed by atoms with Crippen LogP contribution in [0, 0.1) is 0 Å². The molecule has 3 heteroatoms. The van der Waals surface area contributed by atoms with Gasteiger partial charge in [0, 0.05) is 17.0 Å². The lowest BCUT2D eigenvalue weighted by atomic mass is 10.1. The fraction of sp³-hybridized carbons (Fsp3) is 0.667. The first-order valence-electron chi connectivity index (χ1n) is 9.63. The Balaban J connectivity index is 1.90. The van der Waals surface area contributed by atoms with Crippen molar-refractivity contribution >= 4 is 17.6 Å². The van der Waals surface area contributed by atoms with Crippen molar-refractivity contribution in [1.82, 2.24) is 0 Å². The molecule has 0 spiro atoms. The Kier molecular flexibility index (Phi) is 12.6. The van der Waals surface area contributed by atoms with Gasteiger partial charge in [0.1, 0.15) is 6.61 Å². The molecule has 0 unspecified atom stereocenters. The van der Waals surface area contributed by atoms with Crippen LogP contribution in [0.15, 0.2) is 24.3 Å². The molecule has 0 amide bonds. The minimum Gasteiger partial charge on any atom is -0.461 e. The molecular weight excluding hydrogens is 320 g/mol. The van der Waals surface area contributed by atoms with Crippen molar-refractivity contribution < 1.29 is 9.53 Å². The summed E-state index contributed by atoms with van der Waals surface area (Å²) in [5, 5.41) is 0.653. The molecule has 0 aliphatic heterocycles. The number of hydrogen-bond donors (Lipinski definition) is 0. The predicted molar refractivity (Wildman–Crippen MR) is 102 cm³/mol. The van der Waals surface area contributed by atoms with E-state index < -0.39 is 0 Å². The molecule has 2 nitrogen and oxygen atoms in total. The zero-order valence-corrected chi connectivity index (χ0v) is 16.0. The first kappa shape index (κ1) is 21.0. The fourth-order valence-corrected chi connectivity index (χ4v) is 2.97. The number of halogens is 1. The van der Waals surface area contributed by atoms with Gasteiger partial charge in [0.25, 0.3) is 0 Å². The summed E-state index contributed by atoms with van der Waals surface area (Å²) >= 11 is 6.04. The maximum Gasteiger partial charge on any atom is 0.306 e. The van der Waals surface area contributed by atoms with E-state index in [1.807, 2.05) is 24.3 Å². The largest absolute Gasteiger partial charge is 0.461 e. The third-order valence-corrected chi connectivity index (χ3v) is 4.70. The van der Waals surface area contributed by atoms with Crippen LogP contribution in [-0.2, 0) is 16.1 Å². The van der Waals surface area contributed by atoms with Gasteiger partial charge in [0.2, 0.25) is 0 Å². The number of unbranched alkanes of at least 4 members (excludes halogenated alkanes) is 10. The molecule has 0 aromatic heterocycles. The number of hydrogen-bond acceptors (Lipinski definition) is 2. The summed E-state index contributed by atoms with van der Waals surface area (Å²) in [4.78, 5) is 11.7. The van der Waals surface area contributed by atoms with E-state index in [2.05, 4.69) is 6.92 Å². The second-order valence-electron chi connectivity index (χ2n) is 6.54. The molecule has 0 bridgehead atoms. The topological polar surface area (TPSA) is 26.3 Å². The monoisotopic (exact) mass is 352 g/mol. The normalized spacial score (nSPS) is 10.8. The summed E-state index contributed by atoms with van der Waals surface area (Å²) in [6.07, 6.45) is 14.7. The maximum absolute atomic E-state index is 11.7. The summed E-state index contributed by atoms with van der Waals surface area (Å²) in [7, 11) is 0. The zero-order valence-electron chi connectivity index (χ0n) is 15.2. The molecule has 1 aromatic rings. The van der Waals surface area contributed by atoms with E-state index in [0.717, 1.165) is 18.4 Å². The fourth-order valence-electron chi connectivity index (χ4n) is 2.78. The van der Waals surface area contributed by atoms with E-state index in [9.17, 15) is 4.79 Å². The Morgan fingerprint density at radius 3 is 2.00 bits per heavy atom. The van der Waals surface area contributed by atoms with Gasteiger partial charge in [-0.25, -0.2) is 0 Å². The van der Waals surface area contributed by atoms with Crippen LogP contribution in [0.5, 0.6) is 0 Å². The van der Waals surface area contributed by atoms with E-state index >= 15 is 0 Å². The van der Waals surface area contributed by atoms with Gasteiger partial charge in [-0.15, -0.1) is 0 Å². The average molecular weight is 353 g/mol. The van der Waals surface area contributed by atoms with Crippen molar-refractivity contribution in [2.24, 2.45) is 0 Å². The first-order valence-corrected chi connectivity index (χ1v) is 10.0. The summed E-state index contributed by atoms with van der Waals surface area (Å²) in [6, 6.07) is 7.48. The lowest BCUT2D eigenvalue weighted by Gasteiger charge is -2.06. The van der Waals surface area contributed by atoms with Crippen LogP contribution in [-0.4, -0.2) is 5.97 Å². The lowest BCUT2D eigenvalue weighted by Crippen LogP contribution is -2.04. The van der Waals surface area contributed by atoms with Gasteiger partial charge in [-0.3, -0.25) is 4.79 Å². The van der Waals surface area contributed by atoms with E-state index in [4.69, 9.17) is 16.3 Å². The molecule has 0 aliphatic rings. The quantitative estimate of drug-likeness (QED) is 0.264. The second kappa shape index (κ2) is 14.3. The maximum atomic E-state index is 11.7. The molecule has 0 atom stereocenters. The molecule has 0 aliphatic carbocycles. The van der Waals surface area contributed by atoms with Crippen molar-refractivity contribution in [3.8, 4) is 0 Å². The molecule has 0 N–H and O–H groups in total. The van der Waals surface area contributed by atoms with Crippen molar-refractivity contribution in [3.63, 3.8) is 0 Å². The predicted octanol–water partition coefficient (Wildman–Crippen LogP) is 7.08. The molecule has 136 valence electrons. The number of ether oxygens (including phenoxy) is 1. The van der Waals surface area contributed by atoms with E-state index in [1.165, 1.54) is 57.8 Å². The van der Waals surface area contributed by atoms with Crippen LogP contribution < -0.4 is 0 Å². The van der Waals surface area contributed by atoms with E-state index in [-0.39, 0.29) is 12.6 Å². The minimum absolute atomic E-state index is 0.120. The van der Waals surface area contributed by atoms with Crippen molar-refractivity contribution in [3.05, 3.63) is 34.9 Å². The molecule has 0 radical (unpaired) electrons. The van der Waals surface area contributed by atoms with Crippen molar-refractivity contribution in [1.29, 1.82) is 0 Å². The Morgan fingerprint density at radius 1 is 0.875 bits per heavy atom. The third-order valence-electron chi connectivity index (χ3n) is 4.33. The summed E-state index contributed by atoms with van der Waals surface area (Å²) in [5.41, 5.74) is 0.867. The SMILES string of the molecule is CCCCCCCCCCCCCC(=O)OCc1ccccc1Cl. The highest BCUT2D eigenvalue weighted by atomic mass is 35.5. The van der Waals surface area contributed by atoms with E-state index in [1.54, 1.807) is 0 Å². The number of carbonyl (C=O) groups excluding carboxylic acids is 1. The van der Waals surface area contributed by atoms with Gasteiger partial charge in [-0.05, 0) is 12.5 Å². The van der Waals surface area contributed by atoms with E-state index in [0.29, 0.717) is 11.4 Å². The highest BCUT2D eigenvalue weighted by molar-refractivity contribution is 6.31. The molecule has 0 saturated heterocycles. The van der Waals surface area contributed by atoms with Gasteiger partial charge < -0.3 is 4.74 Å². The smallest absolute Gasteiger partial charge is 0.306 e. The summed E-state index contributed by atoms with van der Waals surface area (Å²) in [5.74, 6) is -0.120. The molecule has 24 heavy (non-hydrogen) atoms. The van der Waals surface area contributed by atoms with Crippen LogP contribution >= 0.6 is 11.6 Å². The zero-order chi connectivity index (χ0) is 17.5. The van der Waals surface area contributed by atoms with Gasteiger partial charge in [0.15, 0.2) is 0 Å². The Morgan fingerprint density at radius 2 is 1.42 bits per heavy atom. The standard InChI is InChI=1S/C21H33ClO2/c1-2-3-4-5-6-7-8-9-10-11-12-17-21(23)24-18-19-15-13-14-16-20(19)22/h13-16H,2-12,17-18H2,1H3.